The molecule has 2 saturated heterocycles. The van der Waals surface area contributed by atoms with Crippen molar-refractivity contribution in [1.82, 2.24) is 10.2 Å². The lowest BCUT2D eigenvalue weighted by atomic mass is 9.74. The van der Waals surface area contributed by atoms with Gasteiger partial charge in [-0.25, -0.2) is 0 Å². The zero-order chi connectivity index (χ0) is 24.9. The molecule has 2 N–H and O–H groups in total. The summed E-state index contributed by atoms with van der Waals surface area (Å²) in [7, 11) is 0. The molecule has 1 aliphatic carbocycles. The van der Waals surface area contributed by atoms with E-state index in [1.807, 2.05) is 26.0 Å². The number of likely N-dealkylation sites (tertiary alicyclic amines) is 1. The molecule has 3 fully saturated rings. The van der Waals surface area contributed by atoms with Crippen molar-refractivity contribution in [3.8, 4) is 0 Å². The average molecular weight is 520 g/mol. The van der Waals surface area contributed by atoms with Crippen molar-refractivity contribution in [2.24, 2.45) is 11.8 Å². The molecular weight excluding hydrogens is 489 g/mol. The number of fused-ring (bicyclic) bond motifs is 1. The van der Waals surface area contributed by atoms with E-state index < -0.39 is 29.6 Å². The minimum absolute atomic E-state index is 0.106. The van der Waals surface area contributed by atoms with Gasteiger partial charge in [0.25, 0.3) is 0 Å². The van der Waals surface area contributed by atoms with E-state index in [1.165, 1.54) is 6.42 Å². The van der Waals surface area contributed by atoms with E-state index in [0.29, 0.717) is 22.2 Å². The molecule has 0 radical (unpaired) electrons. The number of hydrogen-bond acceptors (Lipinski definition) is 4. The van der Waals surface area contributed by atoms with Gasteiger partial charge in [-0.15, -0.1) is 0 Å². The average Bonchev–Trinajstić information content (AvgIpc) is 3.45. The van der Waals surface area contributed by atoms with Gasteiger partial charge in [-0.3, -0.25) is 14.4 Å². The van der Waals surface area contributed by atoms with Gasteiger partial charge in [0.1, 0.15) is 11.6 Å². The molecular formula is C26H31Cl2N3O4. The monoisotopic (exact) mass is 519 g/mol. The molecule has 2 bridgehead atoms. The Bertz CT molecular complexity index is 1050. The summed E-state index contributed by atoms with van der Waals surface area (Å²) >= 11 is 12.2. The van der Waals surface area contributed by atoms with E-state index in [2.05, 4.69) is 10.6 Å². The molecule has 5 rings (SSSR count). The number of anilines is 1. The van der Waals surface area contributed by atoms with Crippen LogP contribution in [0.4, 0.5) is 5.69 Å². The number of carbonyl (C=O) groups is 3. The maximum absolute atomic E-state index is 13.9. The highest BCUT2D eigenvalue weighted by Gasteiger charge is 2.73. The Morgan fingerprint density at radius 1 is 1.14 bits per heavy atom. The molecule has 4 aliphatic rings. The number of amides is 3. The summed E-state index contributed by atoms with van der Waals surface area (Å²) in [4.78, 5) is 42.7. The Hall–Kier alpha value is -2.09. The molecule has 188 valence electrons. The Kier molecular flexibility index (Phi) is 6.62. The molecule has 0 unspecified atom stereocenters. The minimum Gasteiger partial charge on any atom is -0.359 e. The summed E-state index contributed by atoms with van der Waals surface area (Å²) in [5, 5.41) is 6.85. The van der Waals surface area contributed by atoms with E-state index in [1.54, 1.807) is 23.1 Å². The van der Waals surface area contributed by atoms with Crippen LogP contribution >= 0.6 is 23.2 Å². The first-order valence-electron chi connectivity index (χ1n) is 12.5. The number of ether oxygens (including phenoxy) is 1. The van der Waals surface area contributed by atoms with Crippen molar-refractivity contribution in [3.63, 3.8) is 0 Å². The standard InChI is InChI=1S/C26H31Cl2N3O4/c1-3-14(2)31-22(24(33)29-17-7-5-4-6-8-17)26-10-9-19(35-26)20(21(26)25(31)34)23(32)30-18-12-15(27)11-16(28)13-18/h9-14,17,19-22H,3-8H2,1-2H3,(H,29,33)(H,30,32)/t14-,19-,20+,21-,22+,26-/m0/s1. The van der Waals surface area contributed by atoms with E-state index in [9.17, 15) is 14.4 Å². The van der Waals surface area contributed by atoms with Gasteiger partial charge in [-0.2, -0.15) is 0 Å². The molecule has 35 heavy (non-hydrogen) atoms. The Morgan fingerprint density at radius 2 is 1.83 bits per heavy atom. The van der Waals surface area contributed by atoms with Crippen molar-refractivity contribution in [2.75, 3.05) is 5.32 Å². The zero-order valence-electron chi connectivity index (χ0n) is 19.9. The van der Waals surface area contributed by atoms with Gasteiger partial charge in [-0.05, 0) is 44.4 Å². The summed E-state index contributed by atoms with van der Waals surface area (Å²) < 4.78 is 6.37. The molecule has 1 spiro atoms. The van der Waals surface area contributed by atoms with Gasteiger partial charge in [0.2, 0.25) is 17.7 Å². The summed E-state index contributed by atoms with van der Waals surface area (Å²) in [6.45, 7) is 3.93. The number of nitrogens with zero attached hydrogens (tertiary/aromatic N) is 1. The molecule has 7 nitrogen and oxygen atoms in total. The molecule has 1 aromatic carbocycles. The lowest BCUT2D eigenvalue weighted by molar-refractivity contribution is -0.143. The van der Waals surface area contributed by atoms with E-state index in [-0.39, 0.29) is 29.8 Å². The van der Waals surface area contributed by atoms with E-state index in [0.717, 1.165) is 25.7 Å². The molecule has 3 amide bonds. The molecule has 6 atom stereocenters. The quantitative estimate of drug-likeness (QED) is 0.547. The number of hydrogen-bond donors (Lipinski definition) is 2. The van der Waals surface area contributed by atoms with Crippen molar-refractivity contribution in [3.05, 3.63) is 40.4 Å². The second-order valence-electron chi connectivity index (χ2n) is 10.2. The van der Waals surface area contributed by atoms with Gasteiger partial charge in [0.05, 0.1) is 17.9 Å². The SMILES string of the molecule is CC[C@H](C)N1C(=O)[C@@H]2[C@H](C(=O)Nc3cc(Cl)cc(Cl)c3)[C@@H]3C=C[C@@]2(O3)[C@H]1C(=O)NC1CCCCC1. The van der Waals surface area contributed by atoms with Crippen molar-refractivity contribution < 1.29 is 19.1 Å². The Labute approximate surface area is 215 Å². The first kappa shape index (κ1) is 24.6. The summed E-state index contributed by atoms with van der Waals surface area (Å²) in [5.41, 5.74) is -0.707. The highest BCUT2D eigenvalue weighted by Crippen LogP contribution is 2.55. The predicted octanol–water partition coefficient (Wildman–Crippen LogP) is 4.33. The number of carbonyl (C=O) groups excluding carboxylic acids is 3. The molecule has 9 heteroatoms. The first-order valence-corrected chi connectivity index (χ1v) is 13.3. The predicted molar refractivity (Wildman–Crippen MR) is 134 cm³/mol. The maximum atomic E-state index is 13.9. The molecule has 3 aliphatic heterocycles. The number of rotatable bonds is 6. The topological polar surface area (TPSA) is 87.7 Å². The van der Waals surface area contributed by atoms with Crippen LogP contribution < -0.4 is 10.6 Å². The smallest absolute Gasteiger partial charge is 0.246 e. The number of nitrogens with one attached hydrogen (secondary N) is 2. The third kappa shape index (κ3) is 4.15. The summed E-state index contributed by atoms with van der Waals surface area (Å²) in [6, 6.07) is 3.92. The maximum Gasteiger partial charge on any atom is 0.246 e. The fourth-order valence-corrected chi connectivity index (χ4v) is 6.78. The van der Waals surface area contributed by atoms with Gasteiger partial charge in [0, 0.05) is 27.8 Å². The Morgan fingerprint density at radius 3 is 2.49 bits per heavy atom. The van der Waals surface area contributed by atoms with Crippen LogP contribution in [-0.2, 0) is 19.1 Å². The fraction of sp³-hybridized carbons (Fsp3) is 0.577. The van der Waals surface area contributed by atoms with Gasteiger partial charge >= 0.3 is 0 Å². The van der Waals surface area contributed by atoms with Crippen LogP contribution in [0, 0.1) is 11.8 Å². The Balaban J connectivity index is 1.45. The van der Waals surface area contributed by atoms with Crippen LogP contribution in [0.1, 0.15) is 52.4 Å². The lowest BCUT2D eigenvalue weighted by Gasteiger charge is -2.36. The third-order valence-electron chi connectivity index (χ3n) is 8.01. The normalized spacial score (nSPS) is 32.6. The largest absolute Gasteiger partial charge is 0.359 e. The van der Waals surface area contributed by atoms with E-state index in [4.69, 9.17) is 27.9 Å². The molecule has 1 aromatic rings. The van der Waals surface area contributed by atoms with Crippen LogP contribution in [0.2, 0.25) is 10.0 Å². The minimum atomic E-state index is -1.15. The zero-order valence-corrected chi connectivity index (χ0v) is 21.4. The molecule has 1 saturated carbocycles. The fourth-order valence-electron chi connectivity index (χ4n) is 6.26. The second-order valence-corrected chi connectivity index (χ2v) is 11.1. The molecule has 0 aromatic heterocycles. The van der Waals surface area contributed by atoms with Crippen molar-refractivity contribution in [2.45, 2.75) is 82.2 Å². The van der Waals surface area contributed by atoms with Crippen LogP contribution in [-0.4, -0.2) is 52.5 Å². The number of benzene rings is 1. The van der Waals surface area contributed by atoms with Crippen LogP contribution in [0.3, 0.4) is 0 Å². The van der Waals surface area contributed by atoms with Crippen LogP contribution in [0.5, 0.6) is 0 Å². The lowest BCUT2D eigenvalue weighted by Crippen LogP contribution is -2.58. The van der Waals surface area contributed by atoms with E-state index >= 15 is 0 Å². The van der Waals surface area contributed by atoms with Crippen molar-refractivity contribution in [1.29, 1.82) is 0 Å². The second kappa shape index (κ2) is 9.41. The highest BCUT2D eigenvalue weighted by atomic mass is 35.5. The third-order valence-corrected chi connectivity index (χ3v) is 8.45. The molecule has 3 heterocycles. The summed E-state index contributed by atoms with van der Waals surface area (Å²) in [5.74, 6) is -2.29. The van der Waals surface area contributed by atoms with Crippen LogP contribution in [0.15, 0.2) is 30.4 Å². The van der Waals surface area contributed by atoms with Crippen molar-refractivity contribution >= 4 is 46.6 Å². The van der Waals surface area contributed by atoms with Gasteiger partial charge in [-0.1, -0.05) is 61.5 Å². The summed E-state index contributed by atoms with van der Waals surface area (Å²) in [6.07, 6.45) is 9.01. The highest BCUT2D eigenvalue weighted by molar-refractivity contribution is 6.35. The first-order chi connectivity index (χ1) is 16.7. The van der Waals surface area contributed by atoms with Gasteiger partial charge in [0.15, 0.2) is 0 Å². The van der Waals surface area contributed by atoms with Crippen LogP contribution in [0.25, 0.3) is 0 Å². The number of halogens is 2. The van der Waals surface area contributed by atoms with Gasteiger partial charge < -0.3 is 20.3 Å².